The van der Waals surface area contributed by atoms with Crippen LogP contribution >= 0.6 is 0 Å². The average Bonchev–Trinajstić information content (AvgIpc) is 3.06. The number of aliphatic hydroxyl groups excluding tert-OH is 1. The summed E-state index contributed by atoms with van der Waals surface area (Å²) in [5.74, 6) is -1.03. The van der Waals surface area contributed by atoms with Crippen LogP contribution in [-0.2, 0) is 24.4 Å². The summed E-state index contributed by atoms with van der Waals surface area (Å²) in [5, 5.41) is 21.3. The summed E-state index contributed by atoms with van der Waals surface area (Å²) in [7, 11) is -3.97. The first-order chi connectivity index (χ1) is 22.9. The molecule has 0 aromatic carbocycles. The van der Waals surface area contributed by atoms with Crippen LogP contribution in [0.15, 0.2) is 0 Å². The number of nitrogens with two attached hydrogens (primary N) is 1. The van der Waals surface area contributed by atoms with E-state index in [4.69, 9.17) is 5.14 Å². The Morgan fingerprint density at radius 2 is 1.40 bits per heavy atom. The number of carbonyl (C=O) groups excluding carboxylic acids is 3. The Kier molecular flexibility index (Phi) is 17.6. The molecule has 3 aliphatic carbocycles. The maximum atomic E-state index is 14.0. The molecule has 0 aromatic heterocycles. The highest BCUT2D eigenvalue weighted by molar-refractivity contribution is 7.89. The Bertz CT molecular complexity index is 1090. The number of amides is 3. The van der Waals surface area contributed by atoms with E-state index in [0.29, 0.717) is 44.3 Å². The summed E-state index contributed by atoms with van der Waals surface area (Å²) in [6.45, 7) is 8.05. The Morgan fingerprint density at radius 3 is 1.96 bits per heavy atom. The van der Waals surface area contributed by atoms with Gasteiger partial charge in [-0.15, -0.1) is 0 Å². The molecule has 11 nitrogen and oxygen atoms in total. The third kappa shape index (κ3) is 13.5. The van der Waals surface area contributed by atoms with Crippen molar-refractivity contribution in [1.82, 2.24) is 20.7 Å². The van der Waals surface area contributed by atoms with Crippen LogP contribution in [0.3, 0.4) is 0 Å². The fourth-order valence-electron chi connectivity index (χ4n) is 8.25. The quantitative estimate of drug-likeness (QED) is 0.143. The fraction of sp³-hybridized carbons (Fsp3) is 0.917. The SMILES string of the molecule is CCCCN(CC(O)C(CC1CCCCC1)NC(=O)C1CC(C(=O)N(CCC)CCC)CC(S(N)(=O)=O)C1)NC(=O)CC1CCCCC1. The van der Waals surface area contributed by atoms with Gasteiger partial charge in [0, 0.05) is 44.4 Å². The minimum Gasteiger partial charge on any atom is -0.390 e. The van der Waals surface area contributed by atoms with Crippen LogP contribution in [0.25, 0.3) is 0 Å². The molecule has 3 amide bonds. The molecule has 0 aliphatic heterocycles. The van der Waals surface area contributed by atoms with Gasteiger partial charge in [0.1, 0.15) is 0 Å². The van der Waals surface area contributed by atoms with Gasteiger partial charge in [-0.2, -0.15) is 0 Å². The Hall–Kier alpha value is -1.76. The predicted molar refractivity (Wildman–Crippen MR) is 190 cm³/mol. The Morgan fingerprint density at radius 1 is 0.812 bits per heavy atom. The number of hydrogen-bond donors (Lipinski definition) is 4. The molecule has 0 saturated heterocycles. The predicted octanol–water partition coefficient (Wildman–Crippen LogP) is 4.63. The van der Waals surface area contributed by atoms with Crippen LogP contribution in [0.5, 0.6) is 0 Å². The molecular weight excluding hydrogens is 630 g/mol. The van der Waals surface area contributed by atoms with Gasteiger partial charge in [0.2, 0.25) is 27.7 Å². The van der Waals surface area contributed by atoms with Crippen LogP contribution in [0, 0.1) is 23.7 Å². The van der Waals surface area contributed by atoms with Gasteiger partial charge in [0.15, 0.2) is 0 Å². The van der Waals surface area contributed by atoms with Crippen molar-refractivity contribution in [2.75, 3.05) is 26.2 Å². The second-order valence-corrected chi connectivity index (χ2v) is 16.9. The summed E-state index contributed by atoms with van der Waals surface area (Å²) >= 11 is 0. The fourth-order valence-corrected chi connectivity index (χ4v) is 9.25. The molecule has 0 spiro atoms. The zero-order valence-corrected chi connectivity index (χ0v) is 31.0. The third-order valence-electron chi connectivity index (χ3n) is 10.9. The number of primary sulfonamides is 1. The third-order valence-corrected chi connectivity index (χ3v) is 12.2. The zero-order chi connectivity index (χ0) is 35.1. The topological polar surface area (TPSA) is 162 Å². The van der Waals surface area contributed by atoms with Crippen molar-refractivity contribution in [3.05, 3.63) is 0 Å². The number of rotatable bonds is 19. The number of sulfonamides is 1. The number of nitrogens with zero attached hydrogens (tertiary/aromatic N) is 2. The maximum absolute atomic E-state index is 14.0. The number of hydrazine groups is 1. The number of nitrogens with one attached hydrogen (secondary N) is 2. The molecule has 3 fully saturated rings. The lowest BCUT2D eigenvalue weighted by Gasteiger charge is -2.37. The summed E-state index contributed by atoms with van der Waals surface area (Å²) in [5.41, 5.74) is 3.08. The van der Waals surface area contributed by atoms with Gasteiger partial charge in [-0.3, -0.25) is 19.8 Å². The van der Waals surface area contributed by atoms with Crippen molar-refractivity contribution in [3.63, 3.8) is 0 Å². The van der Waals surface area contributed by atoms with Gasteiger partial charge in [-0.25, -0.2) is 18.6 Å². The molecule has 0 radical (unpaired) electrons. The molecule has 5 atom stereocenters. The monoisotopic (exact) mass is 697 g/mol. The van der Waals surface area contributed by atoms with Crippen LogP contribution in [0.2, 0.25) is 0 Å². The molecule has 0 bridgehead atoms. The Balaban J connectivity index is 1.76. The molecule has 5 unspecified atom stereocenters. The van der Waals surface area contributed by atoms with E-state index in [1.54, 1.807) is 4.90 Å². The molecule has 48 heavy (non-hydrogen) atoms. The lowest BCUT2D eigenvalue weighted by molar-refractivity contribution is -0.138. The number of carbonyl (C=O) groups is 3. The second-order valence-electron chi connectivity index (χ2n) is 15.1. The molecule has 278 valence electrons. The molecule has 12 heteroatoms. The first-order valence-electron chi connectivity index (χ1n) is 19.3. The molecule has 3 saturated carbocycles. The van der Waals surface area contributed by atoms with E-state index in [1.165, 1.54) is 25.7 Å². The highest BCUT2D eigenvalue weighted by Crippen LogP contribution is 2.35. The average molecular weight is 698 g/mol. The minimum absolute atomic E-state index is 0.0230. The molecule has 5 N–H and O–H groups in total. The van der Waals surface area contributed by atoms with Crippen LogP contribution in [0.4, 0.5) is 0 Å². The lowest BCUT2D eigenvalue weighted by atomic mass is 9.79. The Labute approximate surface area is 290 Å². The van der Waals surface area contributed by atoms with Gasteiger partial charge in [0.05, 0.1) is 17.4 Å². The van der Waals surface area contributed by atoms with Crippen LogP contribution in [-0.4, -0.2) is 84.7 Å². The van der Waals surface area contributed by atoms with E-state index in [9.17, 15) is 27.9 Å². The van der Waals surface area contributed by atoms with Crippen LogP contribution in [0.1, 0.15) is 143 Å². The smallest absolute Gasteiger partial charge is 0.234 e. The number of hydrogen-bond acceptors (Lipinski definition) is 7. The van der Waals surface area contributed by atoms with Gasteiger partial charge in [0.25, 0.3) is 0 Å². The second kappa shape index (κ2) is 20.8. The highest BCUT2D eigenvalue weighted by atomic mass is 32.2. The van der Waals surface area contributed by atoms with Gasteiger partial charge >= 0.3 is 0 Å². The van der Waals surface area contributed by atoms with E-state index >= 15 is 0 Å². The first-order valence-corrected chi connectivity index (χ1v) is 20.9. The summed E-state index contributed by atoms with van der Waals surface area (Å²) in [4.78, 5) is 42.5. The number of unbranched alkanes of at least 4 members (excludes halogenated alkanes) is 1. The van der Waals surface area contributed by atoms with E-state index < -0.39 is 39.3 Å². The van der Waals surface area contributed by atoms with E-state index in [-0.39, 0.29) is 43.5 Å². The van der Waals surface area contributed by atoms with E-state index in [1.807, 2.05) is 18.9 Å². The van der Waals surface area contributed by atoms with Crippen molar-refractivity contribution >= 4 is 27.7 Å². The van der Waals surface area contributed by atoms with Crippen molar-refractivity contribution in [1.29, 1.82) is 0 Å². The summed E-state index contributed by atoms with van der Waals surface area (Å²) in [6.07, 6.45) is 15.2. The van der Waals surface area contributed by atoms with E-state index in [0.717, 1.165) is 64.2 Å². The molecular formula is C36H67N5O6S. The largest absolute Gasteiger partial charge is 0.390 e. The highest BCUT2D eigenvalue weighted by Gasteiger charge is 2.42. The summed E-state index contributed by atoms with van der Waals surface area (Å²) < 4.78 is 25.2. The maximum Gasteiger partial charge on any atom is 0.234 e. The lowest BCUT2D eigenvalue weighted by Crippen LogP contribution is -2.55. The summed E-state index contributed by atoms with van der Waals surface area (Å²) in [6, 6.07) is -0.569. The van der Waals surface area contributed by atoms with Crippen LogP contribution < -0.4 is 15.9 Å². The van der Waals surface area contributed by atoms with Gasteiger partial charge in [-0.05, 0) is 69.6 Å². The molecule has 0 aromatic rings. The normalized spacial score (nSPS) is 24.2. The molecule has 3 rings (SSSR count). The number of aliphatic hydroxyl groups is 1. The van der Waals surface area contributed by atoms with E-state index in [2.05, 4.69) is 17.7 Å². The minimum atomic E-state index is -3.97. The van der Waals surface area contributed by atoms with Crippen molar-refractivity contribution in [3.8, 4) is 0 Å². The standard InChI is InChI=1S/C36H67N5O6S/c1-4-7-20-41(39-34(43)22-28-16-12-9-13-17-28)26-33(42)32(21-27-14-10-8-11-15-27)38-35(44)29-23-30(25-31(24-29)48(37,46)47)36(45)40(18-5-2)19-6-3/h27-33,42H,4-26H2,1-3H3,(H,38,44)(H,39,43)(H2,37,46,47). The van der Waals surface area contributed by atoms with Gasteiger partial charge < -0.3 is 15.3 Å². The zero-order valence-electron chi connectivity index (χ0n) is 30.2. The molecule has 3 aliphatic rings. The van der Waals surface area contributed by atoms with Crippen molar-refractivity contribution < 1.29 is 27.9 Å². The van der Waals surface area contributed by atoms with Crippen molar-refractivity contribution in [2.24, 2.45) is 28.8 Å². The molecule has 0 heterocycles. The van der Waals surface area contributed by atoms with Crippen molar-refractivity contribution in [2.45, 2.75) is 160 Å². The first kappa shape index (κ1) is 40.7. The van der Waals surface area contributed by atoms with Gasteiger partial charge in [-0.1, -0.05) is 78.6 Å².